The van der Waals surface area contributed by atoms with Crippen LogP contribution in [0.1, 0.15) is 44.6 Å². The van der Waals surface area contributed by atoms with Gasteiger partial charge in [0.05, 0.1) is 19.3 Å². The Labute approximate surface area is 139 Å². The number of aliphatic hydroxyl groups excluding tert-OH is 1. The lowest BCUT2D eigenvalue weighted by molar-refractivity contribution is -0.121. The highest BCUT2D eigenvalue weighted by atomic mass is 16.5. The molecule has 0 amide bonds. The summed E-state index contributed by atoms with van der Waals surface area (Å²) >= 11 is 0. The Kier molecular flexibility index (Phi) is 7.50. The second kappa shape index (κ2) is 9.64. The molecule has 1 saturated carbocycles. The largest absolute Gasteiger partial charge is 0.392 e. The lowest BCUT2D eigenvalue weighted by atomic mass is 9.91. The van der Waals surface area contributed by atoms with E-state index in [4.69, 9.17) is 4.74 Å². The van der Waals surface area contributed by atoms with E-state index in [0.29, 0.717) is 13.2 Å². The number of allylic oxidation sites excluding steroid dienone is 2. The Balaban J connectivity index is 1.81. The molecule has 126 valence electrons. The lowest BCUT2D eigenvalue weighted by Gasteiger charge is -2.20. The second-order valence-corrected chi connectivity index (χ2v) is 6.36. The van der Waals surface area contributed by atoms with Crippen LogP contribution in [0.25, 0.3) is 0 Å². The predicted molar refractivity (Wildman–Crippen MR) is 92.0 cm³/mol. The van der Waals surface area contributed by atoms with Crippen molar-refractivity contribution in [1.82, 2.24) is 0 Å². The van der Waals surface area contributed by atoms with Crippen molar-refractivity contribution in [2.75, 3.05) is 6.61 Å². The summed E-state index contributed by atoms with van der Waals surface area (Å²) < 4.78 is 5.76. The minimum Gasteiger partial charge on any atom is -0.392 e. The van der Waals surface area contributed by atoms with E-state index in [-0.39, 0.29) is 24.0 Å². The van der Waals surface area contributed by atoms with E-state index >= 15 is 0 Å². The number of benzene rings is 1. The van der Waals surface area contributed by atoms with E-state index in [2.05, 4.69) is 19.1 Å². The first-order valence-electron chi connectivity index (χ1n) is 8.69. The van der Waals surface area contributed by atoms with Gasteiger partial charge in [-0.05, 0) is 18.4 Å². The van der Waals surface area contributed by atoms with Crippen molar-refractivity contribution in [3.8, 4) is 0 Å². The highest BCUT2D eigenvalue weighted by Crippen LogP contribution is 2.32. The lowest BCUT2D eigenvalue weighted by Crippen LogP contribution is -2.25. The molecular formula is C20H28O3. The van der Waals surface area contributed by atoms with Crippen LogP contribution in [-0.2, 0) is 16.1 Å². The number of ketones is 1. The third-order valence-corrected chi connectivity index (χ3v) is 4.54. The van der Waals surface area contributed by atoms with Gasteiger partial charge in [-0.2, -0.15) is 0 Å². The standard InChI is InChI=1S/C20H28O3/c1-2-3-4-5-9-12-17-18(20(22)13-19(17)21)15-23-14-16-10-7-6-8-11-16/h5-11,17-18,20,22H,2-4,12-15H2,1H3/b9-5-. The van der Waals surface area contributed by atoms with Crippen LogP contribution >= 0.6 is 0 Å². The van der Waals surface area contributed by atoms with Crippen molar-refractivity contribution >= 4 is 5.78 Å². The highest BCUT2D eigenvalue weighted by Gasteiger charge is 2.40. The van der Waals surface area contributed by atoms with Gasteiger partial charge in [0.15, 0.2) is 0 Å². The number of hydrogen-bond donors (Lipinski definition) is 1. The van der Waals surface area contributed by atoms with Gasteiger partial charge in [0.2, 0.25) is 0 Å². The summed E-state index contributed by atoms with van der Waals surface area (Å²) in [6.45, 7) is 3.14. The monoisotopic (exact) mass is 316 g/mol. The number of ether oxygens (including phenoxy) is 1. The topological polar surface area (TPSA) is 46.5 Å². The molecule has 1 aliphatic carbocycles. The Morgan fingerprint density at radius 3 is 2.78 bits per heavy atom. The minimum atomic E-state index is -0.563. The molecule has 23 heavy (non-hydrogen) atoms. The molecular weight excluding hydrogens is 288 g/mol. The van der Waals surface area contributed by atoms with Crippen molar-refractivity contribution in [3.63, 3.8) is 0 Å². The molecule has 1 fully saturated rings. The SMILES string of the molecule is CCCC/C=C\CC1C(=O)CC(O)C1COCc1ccccc1. The first-order valence-corrected chi connectivity index (χ1v) is 8.69. The molecule has 3 heteroatoms. The average molecular weight is 316 g/mol. The first-order chi connectivity index (χ1) is 11.2. The smallest absolute Gasteiger partial charge is 0.139 e. The number of aliphatic hydroxyl groups is 1. The molecule has 0 spiro atoms. The second-order valence-electron chi connectivity index (χ2n) is 6.36. The molecule has 1 N–H and O–H groups in total. The quantitative estimate of drug-likeness (QED) is 0.555. The fraction of sp³-hybridized carbons (Fsp3) is 0.550. The van der Waals surface area contributed by atoms with E-state index in [1.165, 1.54) is 12.8 Å². The van der Waals surface area contributed by atoms with Crippen molar-refractivity contribution in [2.45, 2.75) is 51.7 Å². The van der Waals surface area contributed by atoms with Crippen LogP contribution < -0.4 is 0 Å². The minimum absolute atomic E-state index is 0.0814. The van der Waals surface area contributed by atoms with E-state index in [0.717, 1.165) is 18.4 Å². The molecule has 3 unspecified atom stereocenters. The number of Topliss-reactive ketones (excluding diaryl/α,β-unsaturated/α-hetero) is 1. The maximum absolute atomic E-state index is 12.1. The van der Waals surface area contributed by atoms with Crippen LogP contribution in [0.4, 0.5) is 0 Å². The molecule has 2 rings (SSSR count). The third kappa shape index (κ3) is 5.60. The van der Waals surface area contributed by atoms with E-state index in [9.17, 15) is 9.90 Å². The molecule has 1 aliphatic rings. The first kappa shape index (κ1) is 17.9. The van der Waals surface area contributed by atoms with Gasteiger partial charge >= 0.3 is 0 Å². The molecule has 1 aromatic carbocycles. The van der Waals surface area contributed by atoms with Crippen molar-refractivity contribution in [3.05, 3.63) is 48.0 Å². The van der Waals surface area contributed by atoms with Crippen LogP contribution in [0.15, 0.2) is 42.5 Å². The van der Waals surface area contributed by atoms with Gasteiger partial charge in [-0.15, -0.1) is 0 Å². The van der Waals surface area contributed by atoms with Crippen molar-refractivity contribution < 1.29 is 14.6 Å². The van der Waals surface area contributed by atoms with Crippen LogP contribution in [0.2, 0.25) is 0 Å². The maximum Gasteiger partial charge on any atom is 0.139 e. The van der Waals surface area contributed by atoms with Crippen molar-refractivity contribution in [1.29, 1.82) is 0 Å². The fourth-order valence-corrected chi connectivity index (χ4v) is 3.12. The van der Waals surface area contributed by atoms with Gasteiger partial charge in [-0.3, -0.25) is 4.79 Å². The third-order valence-electron chi connectivity index (χ3n) is 4.54. The normalized spacial score (nSPS) is 24.6. The zero-order valence-corrected chi connectivity index (χ0v) is 14.0. The summed E-state index contributed by atoms with van der Waals surface area (Å²) in [6.07, 6.45) is 8.11. The molecule has 3 atom stereocenters. The van der Waals surface area contributed by atoms with Gasteiger partial charge < -0.3 is 9.84 Å². The van der Waals surface area contributed by atoms with Crippen molar-refractivity contribution in [2.24, 2.45) is 11.8 Å². The zero-order valence-electron chi connectivity index (χ0n) is 14.0. The Morgan fingerprint density at radius 1 is 1.26 bits per heavy atom. The Morgan fingerprint density at radius 2 is 2.04 bits per heavy atom. The number of carbonyl (C=O) groups excluding carboxylic acids is 1. The number of rotatable bonds is 9. The summed E-state index contributed by atoms with van der Waals surface area (Å²) in [6, 6.07) is 9.98. The zero-order chi connectivity index (χ0) is 16.5. The Hall–Kier alpha value is -1.45. The molecule has 3 nitrogen and oxygen atoms in total. The number of unbranched alkanes of at least 4 members (excludes halogenated alkanes) is 2. The van der Waals surface area contributed by atoms with Gasteiger partial charge in [-0.1, -0.05) is 62.2 Å². The molecule has 0 radical (unpaired) electrons. The summed E-state index contributed by atoms with van der Waals surface area (Å²) in [5.74, 6) is -0.00774. The molecule has 0 saturated heterocycles. The van der Waals surface area contributed by atoms with E-state index in [1.54, 1.807) is 0 Å². The average Bonchev–Trinajstić information content (AvgIpc) is 2.82. The molecule has 0 heterocycles. The highest BCUT2D eigenvalue weighted by molar-refractivity contribution is 5.84. The van der Waals surface area contributed by atoms with Crippen LogP contribution in [-0.4, -0.2) is 23.6 Å². The van der Waals surface area contributed by atoms with Gasteiger partial charge in [0.25, 0.3) is 0 Å². The summed E-state index contributed by atoms with van der Waals surface area (Å²) in [5, 5.41) is 10.1. The van der Waals surface area contributed by atoms with Crippen LogP contribution in [0.3, 0.4) is 0 Å². The molecule has 0 aliphatic heterocycles. The number of hydrogen-bond acceptors (Lipinski definition) is 3. The summed E-state index contributed by atoms with van der Waals surface area (Å²) in [5.41, 5.74) is 1.11. The maximum atomic E-state index is 12.1. The number of carbonyl (C=O) groups is 1. The van der Waals surface area contributed by atoms with Gasteiger partial charge in [0.1, 0.15) is 5.78 Å². The van der Waals surface area contributed by atoms with E-state index in [1.807, 2.05) is 30.3 Å². The summed E-state index contributed by atoms with van der Waals surface area (Å²) in [7, 11) is 0. The molecule has 0 aromatic heterocycles. The van der Waals surface area contributed by atoms with Crippen LogP contribution in [0, 0.1) is 11.8 Å². The molecule has 0 bridgehead atoms. The van der Waals surface area contributed by atoms with Crippen LogP contribution in [0.5, 0.6) is 0 Å². The summed E-state index contributed by atoms with van der Waals surface area (Å²) in [4.78, 5) is 12.1. The van der Waals surface area contributed by atoms with Gasteiger partial charge in [0, 0.05) is 18.3 Å². The predicted octanol–water partition coefficient (Wildman–Crippen LogP) is 3.91. The van der Waals surface area contributed by atoms with E-state index < -0.39 is 6.10 Å². The fourth-order valence-electron chi connectivity index (χ4n) is 3.12. The van der Waals surface area contributed by atoms with Gasteiger partial charge in [-0.25, -0.2) is 0 Å². The molecule has 1 aromatic rings. The Bertz CT molecular complexity index is 495.